The van der Waals surface area contributed by atoms with Gasteiger partial charge < -0.3 is 9.84 Å². The molecule has 1 aliphatic rings. The van der Waals surface area contributed by atoms with Crippen LogP contribution in [-0.2, 0) is 12.8 Å². The van der Waals surface area contributed by atoms with Crippen molar-refractivity contribution in [2.24, 2.45) is 0 Å². The molecule has 0 amide bonds. The Hall–Kier alpha value is -1.58. The van der Waals surface area contributed by atoms with E-state index >= 15 is 0 Å². The summed E-state index contributed by atoms with van der Waals surface area (Å²) in [6, 6.07) is 1.75. The summed E-state index contributed by atoms with van der Waals surface area (Å²) in [4.78, 5) is 15.8. The second kappa shape index (κ2) is 6.04. The number of carboxylic acid groups (broad SMARTS) is 1. The maximum absolute atomic E-state index is 11.3. The Bertz CT molecular complexity index is 471. The van der Waals surface area contributed by atoms with Gasteiger partial charge in [-0.3, -0.25) is 0 Å². The highest BCUT2D eigenvalue weighted by molar-refractivity contribution is 5.90. The SMILES string of the molecule is CCCC(C)Oc1nc2c(cc1C(=O)O)CCCC2. The first-order chi connectivity index (χ1) is 9.11. The topological polar surface area (TPSA) is 59.4 Å². The summed E-state index contributed by atoms with van der Waals surface area (Å²) >= 11 is 0. The lowest BCUT2D eigenvalue weighted by Gasteiger charge is -2.19. The molecule has 0 saturated carbocycles. The number of pyridine rings is 1. The van der Waals surface area contributed by atoms with E-state index in [4.69, 9.17) is 4.74 Å². The fraction of sp³-hybridized carbons (Fsp3) is 0.600. The van der Waals surface area contributed by atoms with Crippen molar-refractivity contribution in [2.75, 3.05) is 0 Å². The first kappa shape index (κ1) is 13.8. The largest absolute Gasteiger partial charge is 0.477 e. The highest BCUT2D eigenvalue weighted by Crippen LogP contribution is 2.27. The van der Waals surface area contributed by atoms with Crippen molar-refractivity contribution in [3.63, 3.8) is 0 Å². The molecule has 0 radical (unpaired) electrons. The van der Waals surface area contributed by atoms with Gasteiger partial charge in [0.2, 0.25) is 5.88 Å². The number of aryl methyl sites for hydroxylation is 2. The molecule has 4 nitrogen and oxygen atoms in total. The van der Waals surface area contributed by atoms with Crippen LogP contribution in [0.4, 0.5) is 0 Å². The van der Waals surface area contributed by atoms with Gasteiger partial charge in [0.15, 0.2) is 0 Å². The Kier molecular flexibility index (Phi) is 4.40. The van der Waals surface area contributed by atoms with Crippen LogP contribution in [0.15, 0.2) is 6.07 Å². The molecule has 0 aliphatic heterocycles. The number of aromatic nitrogens is 1. The smallest absolute Gasteiger partial charge is 0.341 e. The lowest BCUT2D eigenvalue weighted by Crippen LogP contribution is -2.17. The van der Waals surface area contributed by atoms with Gasteiger partial charge in [-0.1, -0.05) is 13.3 Å². The summed E-state index contributed by atoms with van der Waals surface area (Å²) in [6.07, 6.45) is 5.99. The standard InChI is InChI=1S/C15H21NO3/c1-3-6-10(2)19-14-12(15(17)18)9-11-7-4-5-8-13(11)16-14/h9-10H,3-8H2,1-2H3,(H,17,18). The molecule has 0 bridgehead atoms. The monoisotopic (exact) mass is 263 g/mol. The van der Waals surface area contributed by atoms with E-state index in [0.717, 1.165) is 49.8 Å². The minimum Gasteiger partial charge on any atom is -0.477 e. The summed E-state index contributed by atoms with van der Waals surface area (Å²) < 4.78 is 5.72. The molecular weight excluding hydrogens is 242 g/mol. The first-order valence-corrected chi connectivity index (χ1v) is 7.04. The van der Waals surface area contributed by atoms with Gasteiger partial charge in [0.05, 0.1) is 6.10 Å². The number of carboxylic acids is 1. The highest BCUT2D eigenvalue weighted by atomic mass is 16.5. The molecule has 104 valence electrons. The molecule has 1 atom stereocenters. The second-order valence-electron chi connectivity index (χ2n) is 5.18. The second-order valence-corrected chi connectivity index (χ2v) is 5.18. The van der Waals surface area contributed by atoms with Gasteiger partial charge in [0, 0.05) is 5.69 Å². The minimum atomic E-state index is -0.959. The number of rotatable bonds is 5. The Balaban J connectivity index is 2.31. The van der Waals surface area contributed by atoms with E-state index in [-0.39, 0.29) is 17.5 Å². The summed E-state index contributed by atoms with van der Waals surface area (Å²) in [5.41, 5.74) is 2.28. The zero-order valence-electron chi connectivity index (χ0n) is 11.6. The van der Waals surface area contributed by atoms with Gasteiger partial charge in [0.1, 0.15) is 5.56 Å². The van der Waals surface area contributed by atoms with E-state index in [2.05, 4.69) is 11.9 Å². The number of ether oxygens (including phenoxy) is 1. The number of fused-ring (bicyclic) bond motifs is 1. The molecular formula is C15H21NO3. The predicted octanol–water partition coefficient (Wildman–Crippen LogP) is 3.23. The quantitative estimate of drug-likeness (QED) is 0.886. The Morgan fingerprint density at radius 1 is 1.47 bits per heavy atom. The van der Waals surface area contributed by atoms with Gasteiger partial charge in [0.25, 0.3) is 0 Å². The van der Waals surface area contributed by atoms with Gasteiger partial charge in [-0.15, -0.1) is 0 Å². The summed E-state index contributed by atoms with van der Waals surface area (Å²) in [5, 5.41) is 9.29. The molecule has 1 unspecified atom stereocenters. The van der Waals surface area contributed by atoms with E-state index in [1.165, 1.54) is 0 Å². The van der Waals surface area contributed by atoms with Crippen LogP contribution < -0.4 is 4.74 Å². The molecule has 19 heavy (non-hydrogen) atoms. The van der Waals surface area contributed by atoms with E-state index in [0.29, 0.717) is 0 Å². The van der Waals surface area contributed by atoms with Crippen molar-refractivity contribution in [3.8, 4) is 5.88 Å². The third kappa shape index (κ3) is 3.25. The average molecular weight is 263 g/mol. The number of hydrogen-bond donors (Lipinski definition) is 1. The third-order valence-electron chi connectivity index (χ3n) is 3.50. The van der Waals surface area contributed by atoms with Crippen molar-refractivity contribution >= 4 is 5.97 Å². The van der Waals surface area contributed by atoms with Crippen LogP contribution in [0.3, 0.4) is 0 Å². The van der Waals surface area contributed by atoms with Gasteiger partial charge in [-0.05, 0) is 50.7 Å². The molecule has 1 aromatic heterocycles. The van der Waals surface area contributed by atoms with Crippen molar-refractivity contribution < 1.29 is 14.6 Å². The summed E-state index contributed by atoms with van der Waals surface area (Å²) in [6.45, 7) is 4.04. The average Bonchev–Trinajstić information content (AvgIpc) is 2.38. The van der Waals surface area contributed by atoms with Crippen LogP contribution in [-0.4, -0.2) is 22.2 Å². The Labute approximate surface area is 113 Å². The van der Waals surface area contributed by atoms with E-state index in [9.17, 15) is 9.90 Å². The van der Waals surface area contributed by atoms with Crippen molar-refractivity contribution in [1.82, 2.24) is 4.98 Å². The third-order valence-corrected chi connectivity index (χ3v) is 3.50. The molecule has 1 heterocycles. The summed E-state index contributed by atoms with van der Waals surface area (Å²) in [7, 11) is 0. The summed E-state index contributed by atoms with van der Waals surface area (Å²) in [5.74, 6) is -0.673. The van der Waals surface area contributed by atoms with Gasteiger partial charge in [-0.2, -0.15) is 0 Å². The molecule has 2 rings (SSSR count). The minimum absolute atomic E-state index is 0.00256. The number of hydrogen-bond acceptors (Lipinski definition) is 3. The zero-order chi connectivity index (χ0) is 13.8. The first-order valence-electron chi connectivity index (χ1n) is 7.04. The Morgan fingerprint density at radius 3 is 2.89 bits per heavy atom. The van der Waals surface area contributed by atoms with E-state index in [1.807, 2.05) is 6.92 Å². The molecule has 1 N–H and O–H groups in total. The maximum Gasteiger partial charge on any atom is 0.341 e. The molecule has 0 spiro atoms. The van der Waals surface area contributed by atoms with Crippen molar-refractivity contribution in [2.45, 2.75) is 58.5 Å². The Morgan fingerprint density at radius 2 is 2.21 bits per heavy atom. The number of nitrogens with zero attached hydrogens (tertiary/aromatic N) is 1. The van der Waals surface area contributed by atoms with Gasteiger partial charge in [-0.25, -0.2) is 9.78 Å². The fourth-order valence-electron chi connectivity index (χ4n) is 2.51. The highest BCUT2D eigenvalue weighted by Gasteiger charge is 2.21. The molecule has 4 heteroatoms. The van der Waals surface area contributed by atoms with Crippen LogP contribution >= 0.6 is 0 Å². The molecule has 1 aliphatic carbocycles. The molecule has 0 aromatic carbocycles. The van der Waals surface area contributed by atoms with E-state index in [1.54, 1.807) is 6.07 Å². The molecule has 0 saturated heterocycles. The van der Waals surface area contributed by atoms with Crippen LogP contribution in [0.5, 0.6) is 5.88 Å². The lowest BCUT2D eigenvalue weighted by atomic mass is 9.95. The lowest BCUT2D eigenvalue weighted by molar-refractivity contribution is 0.0687. The predicted molar refractivity (Wildman–Crippen MR) is 72.8 cm³/mol. The molecule has 0 fully saturated rings. The van der Waals surface area contributed by atoms with Crippen molar-refractivity contribution in [3.05, 3.63) is 22.9 Å². The van der Waals surface area contributed by atoms with Crippen LogP contribution in [0.25, 0.3) is 0 Å². The number of carbonyl (C=O) groups is 1. The fourth-order valence-corrected chi connectivity index (χ4v) is 2.51. The van der Waals surface area contributed by atoms with E-state index < -0.39 is 5.97 Å². The maximum atomic E-state index is 11.3. The van der Waals surface area contributed by atoms with Gasteiger partial charge >= 0.3 is 5.97 Å². The zero-order valence-corrected chi connectivity index (χ0v) is 11.6. The van der Waals surface area contributed by atoms with Crippen LogP contribution in [0, 0.1) is 0 Å². The van der Waals surface area contributed by atoms with Crippen LogP contribution in [0.2, 0.25) is 0 Å². The normalized spacial score (nSPS) is 15.7. The van der Waals surface area contributed by atoms with Crippen LogP contribution in [0.1, 0.15) is 61.1 Å². The molecule has 1 aromatic rings. The number of aromatic carboxylic acids is 1. The van der Waals surface area contributed by atoms with Crippen molar-refractivity contribution in [1.29, 1.82) is 0 Å².